The number of hydrogen-bond acceptors (Lipinski definition) is 4. The summed E-state index contributed by atoms with van der Waals surface area (Å²) in [5, 5.41) is 3.57. The fourth-order valence-electron chi connectivity index (χ4n) is 7.27. The van der Waals surface area contributed by atoms with Crippen LogP contribution in [-0.4, -0.2) is 23.0 Å². The van der Waals surface area contributed by atoms with E-state index in [1.165, 1.54) is 42.0 Å². The van der Waals surface area contributed by atoms with Crippen LogP contribution in [0.5, 0.6) is 0 Å². The Labute approximate surface area is 317 Å². The zero-order chi connectivity index (χ0) is 34.7. The van der Waals surface area contributed by atoms with Crippen molar-refractivity contribution in [3.63, 3.8) is 0 Å². The Morgan fingerprint density at radius 1 is 0.804 bits per heavy atom. The molecule has 1 aliphatic rings. The Morgan fingerprint density at radius 3 is 2.29 bits per heavy atom. The average Bonchev–Trinajstić information content (AvgIpc) is 3.80. The molecule has 4 heterocycles. The molecule has 1 fully saturated rings. The molecule has 0 unspecified atom stereocenters. The van der Waals surface area contributed by atoms with Crippen LogP contribution in [0.1, 0.15) is 56.6 Å². The van der Waals surface area contributed by atoms with E-state index in [0.29, 0.717) is 11.6 Å². The molecule has 0 spiro atoms. The summed E-state index contributed by atoms with van der Waals surface area (Å²) in [6.07, 6.45) is 12.4. The van der Waals surface area contributed by atoms with Crippen LogP contribution in [0.3, 0.4) is 0 Å². The van der Waals surface area contributed by atoms with Gasteiger partial charge in [0.25, 0.3) is 0 Å². The summed E-state index contributed by atoms with van der Waals surface area (Å²) in [4.78, 5) is 13.9. The maximum Gasteiger partial charge on any atom is 0.216 e. The number of fused-ring (bicyclic) bond motifs is 3. The Balaban J connectivity index is 0.000000194. The van der Waals surface area contributed by atoms with Gasteiger partial charge in [0.15, 0.2) is 0 Å². The van der Waals surface area contributed by atoms with Gasteiger partial charge < -0.3 is 14.4 Å². The van der Waals surface area contributed by atoms with Crippen LogP contribution < -0.4 is 5.19 Å². The second-order valence-electron chi connectivity index (χ2n) is 14.8. The van der Waals surface area contributed by atoms with Gasteiger partial charge in [-0.15, -0.1) is 54.1 Å². The molecule has 4 nitrogen and oxygen atoms in total. The van der Waals surface area contributed by atoms with Crippen LogP contribution >= 0.6 is 0 Å². The molecule has 1 saturated carbocycles. The van der Waals surface area contributed by atoms with Crippen LogP contribution in [0.15, 0.2) is 114 Å². The minimum absolute atomic E-state index is 0. The molecule has 8 rings (SSSR count). The Morgan fingerprint density at radius 2 is 1.57 bits per heavy atom. The SMILES string of the molecule is CC(C)c1cc(-c2[c-]cccc2)ncc1[Si](C)(C)C.[Ir].[c-]1ccc2c(oc3nccc(-c4ccccc4)c32)c1-c1cc(CC2CCCC2)ccn1. The molecule has 51 heavy (non-hydrogen) atoms. The summed E-state index contributed by atoms with van der Waals surface area (Å²) < 4.78 is 6.29. The van der Waals surface area contributed by atoms with E-state index in [1.807, 2.05) is 42.7 Å². The quantitative estimate of drug-likeness (QED) is 0.118. The Bertz CT molecular complexity index is 2220. The maximum atomic E-state index is 6.29. The fraction of sp³-hybridized carbons (Fsp3) is 0.267. The van der Waals surface area contributed by atoms with Crippen molar-refractivity contribution < 1.29 is 24.5 Å². The molecule has 3 aromatic carbocycles. The summed E-state index contributed by atoms with van der Waals surface area (Å²) >= 11 is 0. The molecule has 0 N–H and O–H groups in total. The van der Waals surface area contributed by atoms with Crippen molar-refractivity contribution in [3.8, 4) is 33.6 Å². The molecule has 7 aromatic rings. The van der Waals surface area contributed by atoms with Crippen molar-refractivity contribution in [1.29, 1.82) is 0 Å². The summed E-state index contributed by atoms with van der Waals surface area (Å²) in [5.41, 5.74) is 10.5. The van der Waals surface area contributed by atoms with Gasteiger partial charge in [0.2, 0.25) is 5.71 Å². The predicted molar refractivity (Wildman–Crippen MR) is 210 cm³/mol. The van der Waals surface area contributed by atoms with Gasteiger partial charge in [-0.25, -0.2) is 4.98 Å². The van der Waals surface area contributed by atoms with Crippen molar-refractivity contribution in [3.05, 3.63) is 133 Å². The molecule has 6 heteroatoms. The third-order valence-corrected chi connectivity index (χ3v) is 11.9. The van der Waals surface area contributed by atoms with Crippen LogP contribution in [0, 0.1) is 18.1 Å². The van der Waals surface area contributed by atoms with Crippen LogP contribution in [0.2, 0.25) is 19.6 Å². The standard InChI is InChI=1S/C28H23N2O.C17H22NSi.Ir/c1-2-9-21(10-3-1)22-14-16-30-28-26(22)24-12-6-11-23(27(24)31-28)25-18-20(13-15-29-25)17-19-7-4-5-8-19;1-13(2)15-11-16(14-9-7-6-8-10-14)18-12-17(15)19(3,4)5;/h1-3,6,9-10,12-16,18-19H,4-5,7-8,17H2;6-9,11-13H,1-5H3;/q2*-1;. The normalized spacial score (nSPS) is 13.3. The van der Waals surface area contributed by atoms with Gasteiger partial charge in [0.05, 0.1) is 13.7 Å². The molecule has 0 atom stereocenters. The summed E-state index contributed by atoms with van der Waals surface area (Å²) in [7, 11) is -1.34. The van der Waals surface area contributed by atoms with Gasteiger partial charge in [0.1, 0.15) is 0 Å². The minimum Gasteiger partial charge on any atom is -0.486 e. The maximum absolute atomic E-state index is 6.29. The first-order chi connectivity index (χ1) is 24.3. The van der Waals surface area contributed by atoms with E-state index in [0.717, 1.165) is 62.3 Å². The minimum atomic E-state index is -1.34. The third kappa shape index (κ3) is 8.15. The zero-order valence-electron chi connectivity index (χ0n) is 30.2. The van der Waals surface area contributed by atoms with Crippen molar-refractivity contribution in [2.75, 3.05) is 0 Å². The van der Waals surface area contributed by atoms with Crippen molar-refractivity contribution >= 4 is 35.3 Å². The number of rotatable bonds is 7. The average molecular weight is 864 g/mol. The molecule has 0 saturated heterocycles. The molecule has 0 amide bonds. The zero-order valence-corrected chi connectivity index (χ0v) is 33.6. The van der Waals surface area contributed by atoms with Gasteiger partial charge in [-0.05, 0) is 58.1 Å². The molecule has 0 bridgehead atoms. The van der Waals surface area contributed by atoms with E-state index in [9.17, 15) is 0 Å². The van der Waals surface area contributed by atoms with E-state index in [2.05, 4.69) is 127 Å². The van der Waals surface area contributed by atoms with Gasteiger partial charge in [-0.2, -0.15) is 0 Å². The summed E-state index contributed by atoms with van der Waals surface area (Å²) in [6, 6.07) is 37.8. The third-order valence-electron chi connectivity index (χ3n) is 9.85. The van der Waals surface area contributed by atoms with Gasteiger partial charge in [-0.1, -0.05) is 124 Å². The number of aromatic nitrogens is 3. The second-order valence-corrected chi connectivity index (χ2v) is 19.9. The van der Waals surface area contributed by atoms with Crippen LogP contribution in [-0.2, 0) is 26.5 Å². The van der Waals surface area contributed by atoms with E-state index in [1.54, 1.807) is 0 Å². The molecule has 4 aromatic heterocycles. The van der Waals surface area contributed by atoms with E-state index in [-0.39, 0.29) is 20.1 Å². The molecule has 261 valence electrons. The van der Waals surface area contributed by atoms with E-state index >= 15 is 0 Å². The van der Waals surface area contributed by atoms with Gasteiger partial charge in [0, 0.05) is 44.1 Å². The van der Waals surface area contributed by atoms with Crippen molar-refractivity contribution in [2.45, 2.75) is 71.5 Å². The molecular formula is C45H45IrN3OSi-2. The first-order valence-electron chi connectivity index (χ1n) is 18.0. The van der Waals surface area contributed by atoms with Crippen LogP contribution in [0.4, 0.5) is 0 Å². The van der Waals surface area contributed by atoms with Crippen molar-refractivity contribution in [1.82, 2.24) is 15.0 Å². The topological polar surface area (TPSA) is 51.8 Å². The smallest absolute Gasteiger partial charge is 0.216 e. The van der Waals surface area contributed by atoms with Gasteiger partial charge in [-0.3, -0.25) is 0 Å². The Hall–Kier alpha value is -4.22. The number of hydrogen-bond donors (Lipinski definition) is 0. The monoisotopic (exact) mass is 864 g/mol. The number of pyridine rings is 3. The second kappa shape index (κ2) is 16.0. The largest absolute Gasteiger partial charge is 0.486 e. The fourth-order valence-corrected chi connectivity index (χ4v) is 8.95. The predicted octanol–water partition coefficient (Wildman–Crippen LogP) is 11.5. The number of nitrogens with zero attached hydrogens (tertiary/aromatic N) is 3. The Kier molecular flexibility index (Phi) is 11.5. The van der Waals surface area contributed by atoms with Gasteiger partial charge >= 0.3 is 0 Å². The molecule has 1 aliphatic carbocycles. The number of benzene rings is 3. The molecular weight excluding hydrogens is 819 g/mol. The first-order valence-corrected chi connectivity index (χ1v) is 21.5. The molecule has 0 aliphatic heterocycles. The summed E-state index contributed by atoms with van der Waals surface area (Å²) in [5.74, 6) is 1.34. The first kappa shape index (κ1) is 36.6. The number of furan rings is 1. The van der Waals surface area contributed by atoms with Crippen molar-refractivity contribution in [2.24, 2.45) is 5.92 Å². The molecule has 1 radical (unpaired) electrons. The van der Waals surface area contributed by atoms with Crippen LogP contribution in [0.25, 0.3) is 55.7 Å². The van der Waals surface area contributed by atoms with E-state index in [4.69, 9.17) is 4.42 Å². The summed E-state index contributed by atoms with van der Waals surface area (Å²) in [6.45, 7) is 11.7. The van der Waals surface area contributed by atoms with E-state index < -0.39 is 8.07 Å².